The first-order valence-corrected chi connectivity index (χ1v) is 10.7. The molecule has 7 heteroatoms. The number of fused-ring (bicyclic) bond motifs is 1. The molecule has 0 atom stereocenters. The molecule has 0 radical (unpaired) electrons. The first-order chi connectivity index (χ1) is 13.7. The Morgan fingerprint density at radius 2 is 1.97 bits per heavy atom. The summed E-state index contributed by atoms with van der Waals surface area (Å²) >= 11 is 0. The maximum atomic E-state index is 13.5. The number of amides is 1. The summed E-state index contributed by atoms with van der Waals surface area (Å²) in [5.41, 5.74) is 0.355. The van der Waals surface area contributed by atoms with Crippen LogP contribution in [0.3, 0.4) is 0 Å². The van der Waals surface area contributed by atoms with Crippen LogP contribution in [0.1, 0.15) is 75.9 Å². The molecule has 1 N–H and O–H groups in total. The van der Waals surface area contributed by atoms with E-state index in [4.69, 9.17) is 0 Å². The van der Waals surface area contributed by atoms with Gasteiger partial charge in [-0.3, -0.25) is 19.1 Å². The van der Waals surface area contributed by atoms with Crippen molar-refractivity contribution in [3.8, 4) is 0 Å². The molecule has 0 unspecified atom stereocenters. The topological polar surface area (TPSA) is 88.1 Å². The molecule has 1 amide bonds. The van der Waals surface area contributed by atoms with Gasteiger partial charge < -0.3 is 4.90 Å². The van der Waals surface area contributed by atoms with Crippen molar-refractivity contribution in [1.29, 1.82) is 0 Å². The number of rotatable bonds is 8. The van der Waals surface area contributed by atoms with Gasteiger partial charge in [-0.2, -0.15) is 0 Å². The molecule has 7 nitrogen and oxygen atoms in total. The molecule has 0 aromatic carbocycles. The highest BCUT2D eigenvalue weighted by molar-refractivity contribution is 6.05. The van der Waals surface area contributed by atoms with Crippen molar-refractivity contribution in [2.24, 2.45) is 11.8 Å². The molecule has 1 aliphatic rings. The standard InChI is InChI=1S/C22H32N4O3/c1-6-9-25(12-15-7-8-15)21(28)16-10-17(14(4)5)23-19-18(16)20(27)24-22(29)26(19)11-13(2)3/h10,13-15H,6-9,11-12H2,1-5H3,(H,24,27,29). The van der Waals surface area contributed by atoms with Crippen LogP contribution in [-0.4, -0.2) is 38.4 Å². The van der Waals surface area contributed by atoms with E-state index in [0.717, 1.165) is 25.8 Å². The number of carbonyl (C=O) groups excluding carboxylic acids is 1. The first kappa shape index (κ1) is 21.3. The summed E-state index contributed by atoms with van der Waals surface area (Å²) in [5, 5.41) is 0.219. The van der Waals surface area contributed by atoms with Crippen LogP contribution in [0.4, 0.5) is 0 Å². The summed E-state index contributed by atoms with van der Waals surface area (Å²) in [7, 11) is 0. The van der Waals surface area contributed by atoms with Crippen LogP contribution in [-0.2, 0) is 6.54 Å². The largest absolute Gasteiger partial charge is 0.338 e. The van der Waals surface area contributed by atoms with Crippen molar-refractivity contribution < 1.29 is 4.79 Å². The Morgan fingerprint density at radius 1 is 1.28 bits per heavy atom. The summed E-state index contributed by atoms with van der Waals surface area (Å²) < 4.78 is 1.50. The lowest BCUT2D eigenvalue weighted by Gasteiger charge is -2.23. The van der Waals surface area contributed by atoms with E-state index >= 15 is 0 Å². The van der Waals surface area contributed by atoms with E-state index < -0.39 is 11.2 Å². The number of aromatic amines is 1. The van der Waals surface area contributed by atoms with Gasteiger partial charge in [0.15, 0.2) is 5.65 Å². The molecule has 158 valence electrons. The van der Waals surface area contributed by atoms with Crippen LogP contribution in [0.15, 0.2) is 15.7 Å². The van der Waals surface area contributed by atoms with Crippen LogP contribution < -0.4 is 11.2 Å². The number of nitrogens with zero attached hydrogens (tertiary/aromatic N) is 3. The van der Waals surface area contributed by atoms with Crippen LogP contribution in [0.5, 0.6) is 0 Å². The van der Waals surface area contributed by atoms with E-state index in [0.29, 0.717) is 35.9 Å². The highest BCUT2D eigenvalue weighted by Gasteiger charge is 2.29. The smallest absolute Gasteiger partial charge is 0.330 e. The fraction of sp³-hybridized carbons (Fsp3) is 0.636. The molecule has 2 heterocycles. The van der Waals surface area contributed by atoms with Crippen LogP contribution in [0.25, 0.3) is 11.0 Å². The van der Waals surface area contributed by atoms with E-state index in [2.05, 4.69) is 9.97 Å². The Morgan fingerprint density at radius 3 is 2.52 bits per heavy atom. The predicted molar refractivity (Wildman–Crippen MR) is 114 cm³/mol. The van der Waals surface area contributed by atoms with Gasteiger partial charge in [0.1, 0.15) is 0 Å². The van der Waals surface area contributed by atoms with Gasteiger partial charge in [0, 0.05) is 25.3 Å². The Labute approximate surface area is 171 Å². The zero-order valence-corrected chi connectivity index (χ0v) is 18.1. The van der Waals surface area contributed by atoms with Gasteiger partial charge in [-0.25, -0.2) is 9.78 Å². The predicted octanol–water partition coefficient (Wildman–Crippen LogP) is 3.13. The van der Waals surface area contributed by atoms with E-state index in [1.54, 1.807) is 6.07 Å². The lowest BCUT2D eigenvalue weighted by atomic mass is 10.0. The number of nitrogens with one attached hydrogen (secondary N) is 1. The van der Waals surface area contributed by atoms with Gasteiger partial charge >= 0.3 is 5.69 Å². The number of hydrogen-bond acceptors (Lipinski definition) is 4. The lowest BCUT2D eigenvalue weighted by Crippen LogP contribution is -2.37. The maximum absolute atomic E-state index is 13.5. The quantitative estimate of drug-likeness (QED) is 0.737. The lowest BCUT2D eigenvalue weighted by molar-refractivity contribution is 0.0749. The number of aromatic nitrogens is 3. The summed E-state index contributed by atoms with van der Waals surface area (Å²) in [4.78, 5) is 47.7. The van der Waals surface area contributed by atoms with Gasteiger partial charge in [0.25, 0.3) is 11.5 Å². The molecule has 1 saturated carbocycles. The van der Waals surface area contributed by atoms with Gasteiger partial charge in [-0.05, 0) is 43.1 Å². The molecular weight excluding hydrogens is 368 g/mol. The number of pyridine rings is 1. The van der Waals surface area contributed by atoms with Crippen molar-refractivity contribution in [3.05, 3.63) is 38.2 Å². The number of carbonyl (C=O) groups is 1. The summed E-state index contributed by atoms with van der Waals surface area (Å²) in [6, 6.07) is 1.74. The number of H-pyrrole nitrogens is 1. The highest BCUT2D eigenvalue weighted by atomic mass is 16.2. The van der Waals surface area contributed by atoms with Gasteiger partial charge in [-0.1, -0.05) is 34.6 Å². The summed E-state index contributed by atoms with van der Waals surface area (Å²) in [6.07, 6.45) is 3.15. The van der Waals surface area contributed by atoms with Crippen molar-refractivity contribution in [2.75, 3.05) is 13.1 Å². The van der Waals surface area contributed by atoms with E-state index in [9.17, 15) is 14.4 Å². The Bertz CT molecular complexity index is 1020. The second-order valence-electron chi connectivity index (χ2n) is 8.91. The van der Waals surface area contributed by atoms with E-state index in [1.807, 2.05) is 39.5 Å². The number of hydrogen-bond donors (Lipinski definition) is 1. The minimum absolute atomic E-state index is 0.0656. The molecule has 1 aliphatic carbocycles. The molecule has 0 saturated heterocycles. The minimum atomic E-state index is -0.543. The van der Waals surface area contributed by atoms with Crippen LogP contribution in [0.2, 0.25) is 0 Å². The third kappa shape index (κ3) is 4.60. The third-order valence-electron chi connectivity index (χ3n) is 5.29. The van der Waals surface area contributed by atoms with Crippen molar-refractivity contribution >= 4 is 16.9 Å². The molecule has 2 aromatic heterocycles. The molecule has 3 rings (SSSR count). The fourth-order valence-electron chi connectivity index (χ4n) is 3.62. The van der Waals surface area contributed by atoms with Gasteiger partial charge in [0.05, 0.1) is 10.9 Å². The second kappa shape index (κ2) is 8.51. The normalized spacial score (nSPS) is 14.2. The zero-order valence-electron chi connectivity index (χ0n) is 18.1. The SMILES string of the molecule is CCCN(CC1CC1)C(=O)c1cc(C(C)C)nc2c1c(=O)[nH]c(=O)n2CC(C)C. The molecule has 1 fully saturated rings. The fourth-order valence-corrected chi connectivity index (χ4v) is 3.62. The highest BCUT2D eigenvalue weighted by Crippen LogP contribution is 2.31. The average molecular weight is 401 g/mol. The zero-order chi connectivity index (χ0) is 21.3. The average Bonchev–Trinajstić information content (AvgIpc) is 3.47. The third-order valence-corrected chi connectivity index (χ3v) is 5.29. The van der Waals surface area contributed by atoms with Crippen molar-refractivity contribution in [3.63, 3.8) is 0 Å². The van der Waals surface area contributed by atoms with E-state index in [1.165, 1.54) is 4.57 Å². The summed E-state index contributed by atoms with van der Waals surface area (Å²) in [6.45, 7) is 11.8. The first-order valence-electron chi connectivity index (χ1n) is 10.7. The van der Waals surface area contributed by atoms with Gasteiger partial charge in [0.2, 0.25) is 0 Å². The van der Waals surface area contributed by atoms with E-state index in [-0.39, 0.29) is 23.1 Å². The maximum Gasteiger partial charge on any atom is 0.330 e. The Balaban J connectivity index is 2.25. The van der Waals surface area contributed by atoms with Gasteiger partial charge in [-0.15, -0.1) is 0 Å². The monoisotopic (exact) mass is 400 g/mol. The van der Waals surface area contributed by atoms with Crippen LogP contribution in [0, 0.1) is 11.8 Å². The molecular formula is C22H32N4O3. The Hall–Kier alpha value is -2.44. The van der Waals surface area contributed by atoms with Crippen molar-refractivity contribution in [1.82, 2.24) is 19.4 Å². The molecule has 0 aliphatic heterocycles. The molecule has 0 bridgehead atoms. The minimum Gasteiger partial charge on any atom is -0.338 e. The molecule has 0 spiro atoms. The molecule has 29 heavy (non-hydrogen) atoms. The second-order valence-corrected chi connectivity index (χ2v) is 8.91. The van der Waals surface area contributed by atoms with Crippen molar-refractivity contribution in [2.45, 2.75) is 66.3 Å². The Kier molecular flexibility index (Phi) is 6.24. The molecule has 2 aromatic rings. The van der Waals surface area contributed by atoms with Crippen LogP contribution >= 0.6 is 0 Å². The summed E-state index contributed by atoms with van der Waals surface area (Å²) in [5.74, 6) is 0.668.